The maximum absolute atomic E-state index is 11.7. The van der Waals surface area contributed by atoms with Gasteiger partial charge in [-0.3, -0.25) is 9.89 Å². The number of nitrogens with one attached hydrogen (secondary N) is 3. The van der Waals surface area contributed by atoms with Crippen LogP contribution in [0, 0.1) is 0 Å². The van der Waals surface area contributed by atoms with Gasteiger partial charge in [0.2, 0.25) is 5.91 Å². The van der Waals surface area contributed by atoms with Gasteiger partial charge in [0.15, 0.2) is 0 Å². The Morgan fingerprint density at radius 3 is 3.18 bits per heavy atom. The summed E-state index contributed by atoms with van der Waals surface area (Å²) in [5.41, 5.74) is 1.64. The minimum absolute atomic E-state index is 0.00745. The Kier molecular flexibility index (Phi) is 3.72. The summed E-state index contributed by atoms with van der Waals surface area (Å²) in [7, 11) is 0. The predicted octanol–water partition coefficient (Wildman–Crippen LogP) is 1.50. The van der Waals surface area contributed by atoms with E-state index < -0.39 is 0 Å². The third-order valence-corrected chi connectivity index (χ3v) is 2.53. The van der Waals surface area contributed by atoms with Gasteiger partial charge < -0.3 is 10.6 Å². The summed E-state index contributed by atoms with van der Waals surface area (Å²) < 4.78 is 0. The molecular weight excluding hydrogens is 216 g/mol. The number of benzene rings is 1. The summed E-state index contributed by atoms with van der Waals surface area (Å²) in [6, 6.07) is 5.72. The van der Waals surface area contributed by atoms with Gasteiger partial charge >= 0.3 is 0 Å². The van der Waals surface area contributed by atoms with Crippen LogP contribution < -0.4 is 10.6 Å². The lowest BCUT2D eigenvalue weighted by Gasteiger charge is -2.06. The fourth-order valence-electron chi connectivity index (χ4n) is 1.66. The first-order chi connectivity index (χ1) is 8.31. The van der Waals surface area contributed by atoms with Crippen LogP contribution in [0.3, 0.4) is 0 Å². The van der Waals surface area contributed by atoms with Crippen molar-refractivity contribution < 1.29 is 4.79 Å². The van der Waals surface area contributed by atoms with Gasteiger partial charge in [0.25, 0.3) is 0 Å². The molecule has 0 aliphatic heterocycles. The van der Waals surface area contributed by atoms with Crippen LogP contribution in [0.1, 0.15) is 13.3 Å². The molecule has 1 amide bonds. The van der Waals surface area contributed by atoms with Crippen molar-refractivity contribution in [2.75, 3.05) is 18.4 Å². The largest absolute Gasteiger partial charge is 0.324 e. The summed E-state index contributed by atoms with van der Waals surface area (Å²) in [6.07, 6.45) is 2.21. The van der Waals surface area contributed by atoms with Crippen molar-refractivity contribution >= 4 is 22.5 Å². The van der Waals surface area contributed by atoms with E-state index in [0.717, 1.165) is 23.1 Å². The molecule has 0 spiro atoms. The number of amides is 1. The SMILES string of the molecule is CCNCCC(=O)Nc1cccc2cn[nH]c12. The second-order valence-electron chi connectivity index (χ2n) is 3.79. The molecule has 0 atom stereocenters. The highest BCUT2D eigenvalue weighted by Gasteiger charge is 2.06. The number of aromatic nitrogens is 2. The molecule has 2 rings (SSSR count). The fourth-order valence-corrected chi connectivity index (χ4v) is 1.66. The molecule has 17 heavy (non-hydrogen) atoms. The third kappa shape index (κ3) is 2.82. The molecule has 0 aliphatic rings. The second kappa shape index (κ2) is 5.45. The first-order valence-electron chi connectivity index (χ1n) is 5.74. The van der Waals surface area contributed by atoms with Crippen LogP contribution in [0.4, 0.5) is 5.69 Å². The van der Waals surface area contributed by atoms with E-state index in [9.17, 15) is 4.79 Å². The lowest BCUT2D eigenvalue weighted by atomic mass is 10.2. The number of fused-ring (bicyclic) bond motifs is 1. The molecule has 0 saturated carbocycles. The van der Waals surface area contributed by atoms with E-state index in [-0.39, 0.29) is 5.91 Å². The zero-order chi connectivity index (χ0) is 12.1. The van der Waals surface area contributed by atoms with Gasteiger partial charge in [0.1, 0.15) is 0 Å². The quantitative estimate of drug-likeness (QED) is 0.684. The molecule has 1 heterocycles. The molecule has 5 heteroatoms. The van der Waals surface area contributed by atoms with Gasteiger partial charge in [0, 0.05) is 18.4 Å². The summed E-state index contributed by atoms with van der Waals surface area (Å²) >= 11 is 0. The molecule has 5 nitrogen and oxygen atoms in total. The highest BCUT2D eigenvalue weighted by Crippen LogP contribution is 2.20. The average molecular weight is 232 g/mol. The molecule has 0 radical (unpaired) electrons. The van der Waals surface area contributed by atoms with Crippen molar-refractivity contribution in [2.24, 2.45) is 0 Å². The van der Waals surface area contributed by atoms with E-state index in [1.807, 2.05) is 25.1 Å². The molecule has 0 saturated heterocycles. The fraction of sp³-hybridized carbons (Fsp3) is 0.333. The Balaban J connectivity index is 2.03. The van der Waals surface area contributed by atoms with Crippen molar-refractivity contribution in [3.8, 4) is 0 Å². The molecule has 90 valence electrons. The molecule has 0 fully saturated rings. The van der Waals surface area contributed by atoms with E-state index in [1.165, 1.54) is 0 Å². The lowest BCUT2D eigenvalue weighted by Crippen LogP contribution is -2.21. The van der Waals surface area contributed by atoms with E-state index in [2.05, 4.69) is 20.8 Å². The van der Waals surface area contributed by atoms with Gasteiger partial charge in [-0.25, -0.2) is 0 Å². The normalized spacial score (nSPS) is 10.6. The maximum Gasteiger partial charge on any atom is 0.225 e. The van der Waals surface area contributed by atoms with Gasteiger partial charge in [-0.05, 0) is 12.6 Å². The second-order valence-corrected chi connectivity index (χ2v) is 3.79. The first kappa shape index (κ1) is 11.6. The Morgan fingerprint density at radius 1 is 1.47 bits per heavy atom. The smallest absolute Gasteiger partial charge is 0.225 e. The Hall–Kier alpha value is -1.88. The molecule has 1 aromatic carbocycles. The minimum atomic E-state index is 0.00745. The highest BCUT2D eigenvalue weighted by atomic mass is 16.1. The van der Waals surface area contributed by atoms with Crippen LogP contribution in [0.5, 0.6) is 0 Å². The number of nitrogens with zero attached hydrogens (tertiary/aromatic N) is 1. The number of H-pyrrole nitrogens is 1. The molecular formula is C12H16N4O. The number of para-hydroxylation sites is 1. The Bertz CT molecular complexity index is 506. The highest BCUT2D eigenvalue weighted by molar-refractivity contribution is 6.00. The predicted molar refractivity (Wildman–Crippen MR) is 67.9 cm³/mol. The average Bonchev–Trinajstić information content (AvgIpc) is 2.78. The van der Waals surface area contributed by atoms with Crippen molar-refractivity contribution in [3.05, 3.63) is 24.4 Å². The summed E-state index contributed by atoms with van der Waals surface area (Å²) in [4.78, 5) is 11.7. The molecule has 0 aliphatic carbocycles. The van der Waals surface area contributed by atoms with E-state index >= 15 is 0 Å². The summed E-state index contributed by atoms with van der Waals surface area (Å²) in [5.74, 6) is 0.00745. The van der Waals surface area contributed by atoms with Gasteiger partial charge in [-0.2, -0.15) is 5.10 Å². The number of aromatic amines is 1. The van der Waals surface area contributed by atoms with Crippen LogP contribution >= 0.6 is 0 Å². The third-order valence-electron chi connectivity index (χ3n) is 2.53. The molecule has 3 N–H and O–H groups in total. The van der Waals surface area contributed by atoms with Crippen molar-refractivity contribution in [1.29, 1.82) is 0 Å². The molecule has 1 aromatic heterocycles. The maximum atomic E-state index is 11.7. The number of carbonyl (C=O) groups excluding carboxylic acids is 1. The van der Waals surface area contributed by atoms with Crippen molar-refractivity contribution in [2.45, 2.75) is 13.3 Å². The van der Waals surface area contributed by atoms with Crippen LogP contribution in [0.15, 0.2) is 24.4 Å². The molecule has 0 bridgehead atoms. The van der Waals surface area contributed by atoms with Crippen LogP contribution in [0.2, 0.25) is 0 Å². The van der Waals surface area contributed by atoms with Gasteiger partial charge in [-0.1, -0.05) is 19.1 Å². The van der Waals surface area contributed by atoms with Crippen molar-refractivity contribution in [3.63, 3.8) is 0 Å². The van der Waals surface area contributed by atoms with Crippen LogP contribution in [0.25, 0.3) is 10.9 Å². The Morgan fingerprint density at radius 2 is 2.35 bits per heavy atom. The van der Waals surface area contributed by atoms with Crippen molar-refractivity contribution in [1.82, 2.24) is 15.5 Å². The number of carbonyl (C=O) groups is 1. The standard InChI is InChI=1S/C12H16N4O/c1-2-13-7-6-11(17)15-10-5-3-4-9-8-14-16-12(9)10/h3-5,8,13H,2,6-7H2,1H3,(H,14,16)(H,15,17). The first-order valence-corrected chi connectivity index (χ1v) is 5.74. The monoisotopic (exact) mass is 232 g/mol. The zero-order valence-electron chi connectivity index (χ0n) is 9.79. The number of anilines is 1. The lowest BCUT2D eigenvalue weighted by molar-refractivity contribution is -0.116. The number of hydrogen-bond donors (Lipinski definition) is 3. The van der Waals surface area contributed by atoms with Gasteiger partial charge in [0.05, 0.1) is 17.4 Å². The summed E-state index contributed by atoms with van der Waals surface area (Å²) in [6.45, 7) is 3.59. The topological polar surface area (TPSA) is 69.8 Å². The number of hydrogen-bond acceptors (Lipinski definition) is 3. The zero-order valence-corrected chi connectivity index (χ0v) is 9.79. The van der Waals surface area contributed by atoms with Gasteiger partial charge in [-0.15, -0.1) is 0 Å². The van der Waals surface area contributed by atoms with E-state index in [0.29, 0.717) is 13.0 Å². The minimum Gasteiger partial charge on any atom is -0.324 e. The summed E-state index contributed by atoms with van der Waals surface area (Å²) in [5, 5.41) is 13.8. The number of rotatable bonds is 5. The molecule has 2 aromatic rings. The van der Waals surface area contributed by atoms with Crippen LogP contribution in [-0.4, -0.2) is 29.2 Å². The Labute approximate surface area is 99.6 Å². The molecule has 0 unspecified atom stereocenters. The van der Waals surface area contributed by atoms with E-state index in [4.69, 9.17) is 0 Å². The van der Waals surface area contributed by atoms with E-state index in [1.54, 1.807) is 6.20 Å². The van der Waals surface area contributed by atoms with Crippen LogP contribution in [-0.2, 0) is 4.79 Å².